The molecule has 0 aliphatic carbocycles. The van der Waals surface area contributed by atoms with Gasteiger partial charge in [-0.1, -0.05) is 12.1 Å². The molecule has 0 saturated carbocycles. The van der Waals surface area contributed by atoms with E-state index in [2.05, 4.69) is 9.88 Å². The van der Waals surface area contributed by atoms with Gasteiger partial charge in [-0.25, -0.2) is 0 Å². The molecule has 5 nitrogen and oxygen atoms in total. The Labute approximate surface area is 139 Å². The number of benzene rings is 2. The number of phenols is 1. The molecule has 4 rings (SSSR count). The molecule has 120 valence electrons. The number of phenolic OH excluding ortho intramolecular Hbond substituents is 1. The van der Waals surface area contributed by atoms with E-state index in [9.17, 15) is 5.11 Å². The minimum absolute atomic E-state index is 0.248. The molecule has 0 unspecified atom stereocenters. The smallest absolute Gasteiger partial charge is 0.231 e. The van der Waals surface area contributed by atoms with Gasteiger partial charge in [-0.3, -0.25) is 4.98 Å². The van der Waals surface area contributed by atoms with Crippen molar-refractivity contribution in [1.29, 1.82) is 0 Å². The number of hydrogen-bond donors (Lipinski definition) is 1. The van der Waals surface area contributed by atoms with E-state index in [0.29, 0.717) is 6.54 Å². The predicted octanol–water partition coefficient (Wildman–Crippen LogP) is 3.85. The Balaban J connectivity index is 1.73. The monoisotopic (exact) mass is 320 g/mol. The van der Waals surface area contributed by atoms with E-state index in [4.69, 9.17) is 9.47 Å². The lowest BCUT2D eigenvalue weighted by molar-refractivity contribution is 0.174. The number of rotatable bonds is 4. The maximum absolute atomic E-state index is 9.73. The molecule has 2 aromatic carbocycles. The zero-order valence-electron chi connectivity index (χ0n) is 12.9. The molecule has 0 saturated heterocycles. The molecule has 0 radical (unpaired) electrons. The van der Waals surface area contributed by atoms with Crippen molar-refractivity contribution >= 4 is 11.4 Å². The van der Waals surface area contributed by atoms with Crippen LogP contribution in [0.25, 0.3) is 0 Å². The summed E-state index contributed by atoms with van der Waals surface area (Å²) in [5.74, 6) is 1.74. The quantitative estimate of drug-likeness (QED) is 0.791. The van der Waals surface area contributed by atoms with E-state index in [1.54, 1.807) is 18.3 Å². The van der Waals surface area contributed by atoms with Crippen LogP contribution in [0.5, 0.6) is 17.2 Å². The van der Waals surface area contributed by atoms with Gasteiger partial charge in [0.05, 0.1) is 11.9 Å². The number of anilines is 2. The number of ether oxygens (including phenoxy) is 2. The molecule has 3 aromatic rings. The summed E-state index contributed by atoms with van der Waals surface area (Å²) in [5, 5.41) is 9.73. The summed E-state index contributed by atoms with van der Waals surface area (Å²) in [7, 11) is 0. The Bertz CT molecular complexity index is 852. The summed E-state index contributed by atoms with van der Waals surface area (Å²) in [6.07, 6.45) is 3.56. The van der Waals surface area contributed by atoms with Crippen molar-refractivity contribution in [3.8, 4) is 17.2 Å². The zero-order chi connectivity index (χ0) is 16.4. The van der Waals surface area contributed by atoms with Gasteiger partial charge in [0.15, 0.2) is 11.5 Å². The highest BCUT2D eigenvalue weighted by molar-refractivity contribution is 5.66. The van der Waals surface area contributed by atoms with Gasteiger partial charge >= 0.3 is 0 Å². The third kappa shape index (κ3) is 2.84. The minimum atomic E-state index is 0.248. The van der Waals surface area contributed by atoms with Crippen molar-refractivity contribution in [2.75, 3.05) is 11.7 Å². The largest absolute Gasteiger partial charge is 0.508 e. The summed E-state index contributed by atoms with van der Waals surface area (Å²) in [4.78, 5) is 6.33. The molecular formula is C19H16N2O3. The lowest BCUT2D eigenvalue weighted by atomic mass is 10.1. The highest BCUT2D eigenvalue weighted by Crippen LogP contribution is 2.38. The van der Waals surface area contributed by atoms with E-state index < -0.39 is 0 Å². The number of pyridine rings is 1. The SMILES string of the molecule is Oc1cccc(CN(c2cccnc2)c2ccc3c(c2)OCO3)c1. The van der Waals surface area contributed by atoms with Gasteiger partial charge in [0.1, 0.15) is 5.75 Å². The molecule has 1 aromatic heterocycles. The molecule has 0 fully saturated rings. The molecule has 1 N–H and O–H groups in total. The average molecular weight is 320 g/mol. The zero-order valence-corrected chi connectivity index (χ0v) is 12.9. The Hall–Kier alpha value is -3.21. The Morgan fingerprint density at radius 3 is 2.71 bits per heavy atom. The average Bonchev–Trinajstić information content (AvgIpc) is 3.08. The second kappa shape index (κ2) is 6.12. The number of aromatic nitrogens is 1. The van der Waals surface area contributed by atoms with Crippen molar-refractivity contribution in [2.45, 2.75) is 6.54 Å². The standard InChI is InChI=1S/C19H16N2O3/c22-17-5-1-3-14(9-17)12-21(16-4-2-8-20-11-16)15-6-7-18-19(10-15)24-13-23-18/h1-11,22H,12-13H2. The van der Waals surface area contributed by atoms with Gasteiger partial charge in [-0.2, -0.15) is 0 Å². The van der Waals surface area contributed by atoms with E-state index in [0.717, 1.165) is 28.4 Å². The summed E-state index contributed by atoms with van der Waals surface area (Å²) in [6, 6.07) is 17.0. The van der Waals surface area contributed by atoms with Crippen LogP contribution < -0.4 is 14.4 Å². The van der Waals surface area contributed by atoms with E-state index in [1.807, 2.05) is 48.7 Å². The Morgan fingerprint density at radius 1 is 0.958 bits per heavy atom. The highest BCUT2D eigenvalue weighted by atomic mass is 16.7. The molecule has 1 aliphatic heterocycles. The lowest BCUT2D eigenvalue weighted by Crippen LogP contribution is -2.16. The van der Waals surface area contributed by atoms with Crippen LogP contribution in [0.1, 0.15) is 5.56 Å². The fourth-order valence-corrected chi connectivity index (χ4v) is 2.74. The van der Waals surface area contributed by atoms with E-state index >= 15 is 0 Å². The highest BCUT2D eigenvalue weighted by Gasteiger charge is 2.17. The third-order valence-electron chi connectivity index (χ3n) is 3.88. The lowest BCUT2D eigenvalue weighted by Gasteiger charge is -2.25. The predicted molar refractivity (Wildman–Crippen MR) is 90.8 cm³/mol. The van der Waals surface area contributed by atoms with Crippen LogP contribution in [-0.4, -0.2) is 16.9 Å². The van der Waals surface area contributed by atoms with Crippen LogP contribution in [0.4, 0.5) is 11.4 Å². The van der Waals surface area contributed by atoms with Crippen molar-refractivity contribution in [2.24, 2.45) is 0 Å². The second-order valence-electron chi connectivity index (χ2n) is 5.50. The van der Waals surface area contributed by atoms with Gasteiger partial charge < -0.3 is 19.5 Å². The molecule has 24 heavy (non-hydrogen) atoms. The van der Waals surface area contributed by atoms with Crippen molar-refractivity contribution in [3.63, 3.8) is 0 Å². The number of hydrogen-bond acceptors (Lipinski definition) is 5. The van der Waals surface area contributed by atoms with E-state index in [-0.39, 0.29) is 12.5 Å². The van der Waals surface area contributed by atoms with Gasteiger partial charge in [0.2, 0.25) is 6.79 Å². The molecule has 2 heterocycles. The third-order valence-corrected chi connectivity index (χ3v) is 3.88. The first-order valence-corrected chi connectivity index (χ1v) is 7.65. The van der Waals surface area contributed by atoms with Crippen LogP contribution in [0.3, 0.4) is 0 Å². The van der Waals surface area contributed by atoms with Gasteiger partial charge in [0, 0.05) is 24.5 Å². The maximum atomic E-state index is 9.73. The van der Waals surface area contributed by atoms with Crippen LogP contribution in [0.2, 0.25) is 0 Å². The molecule has 0 atom stereocenters. The maximum Gasteiger partial charge on any atom is 0.231 e. The first kappa shape index (κ1) is 14.4. The van der Waals surface area contributed by atoms with Crippen molar-refractivity contribution in [1.82, 2.24) is 4.98 Å². The van der Waals surface area contributed by atoms with Crippen molar-refractivity contribution in [3.05, 3.63) is 72.6 Å². The Kier molecular flexibility index (Phi) is 3.67. The number of fused-ring (bicyclic) bond motifs is 1. The summed E-state index contributed by atoms with van der Waals surface area (Å²) in [5.41, 5.74) is 2.92. The van der Waals surface area contributed by atoms with Crippen molar-refractivity contribution < 1.29 is 14.6 Å². The minimum Gasteiger partial charge on any atom is -0.508 e. The molecule has 0 amide bonds. The fourth-order valence-electron chi connectivity index (χ4n) is 2.74. The topological polar surface area (TPSA) is 54.8 Å². The number of nitrogens with zero attached hydrogens (tertiary/aromatic N) is 2. The molecule has 1 aliphatic rings. The Morgan fingerprint density at radius 2 is 1.88 bits per heavy atom. The van der Waals surface area contributed by atoms with Crippen LogP contribution >= 0.6 is 0 Å². The first-order valence-electron chi connectivity index (χ1n) is 7.65. The summed E-state index contributed by atoms with van der Waals surface area (Å²) >= 11 is 0. The van der Waals surface area contributed by atoms with Crippen LogP contribution in [0, 0.1) is 0 Å². The van der Waals surface area contributed by atoms with Crippen LogP contribution in [0.15, 0.2) is 67.0 Å². The molecule has 0 bridgehead atoms. The van der Waals surface area contributed by atoms with Gasteiger partial charge in [-0.05, 0) is 42.0 Å². The second-order valence-corrected chi connectivity index (χ2v) is 5.50. The van der Waals surface area contributed by atoms with Gasteiger partial charge in [0.25, 0.3) is 0 Å². The normalized spacial score (nSPS) is 12.2. The van der Waals surface area contributed by atoms with E-state index in [1.165, 1.54) is 0 Å². The summed E-state index contributed by atoms with van der Waals surface area (Å²) < 4.78 is 10.9. The van der Waals surface area contributed by atoms with Crippen LogP contribution in [-0.2, 0) is 6.54 Å². The first-order chi connectivity index (χ1) is 11.8. The van der Waals surface area contributed by atoms with Gasteiger partial charge in [-0.15, -0.1) is 0 Å². The molecule has 5 heteroatoms. The molecule has 0 spiro atoms. The molecular weight excluding hydrogens is 304 g/mol. The summed E-state index contributed by atoms with van der Waals surface area (Å²) in [6.45, 7) is 0.845. The number of aromatic hydroxyl groups is 1. The fraction of sp³-hybridized carbons (Fsp3) is 0.105.